The van der Waals surface area contributed by atoms with Crippen molar-refractivity contribution < 1.29 is 4.21 Å². The van der Waals surface area contributed by atoms with Crippen LogP contribution < -0.4 is 0 Å². The number of hydrogen-bond acceptors (Lipinski definition) is 3. The largest absolute Gasteiger partial charge is 0.247 e. The SMILES string of the molecule is CSc1ccc(S(=O)(=S)c2ccc(C)cc2)cc1. The van der Waals surface area contributed by atoms with Gasteiger partial charge in [0.25, 0.3) is 0 Å². The van der Waals surface area contributed by atoms with E-state index in [4.69, 9.17) is 11.2 Å². The van der Waals surface area contributed by atoms with Crippen LogP contribution in [-0.2, 0) is 19.7 Å². The molecular formula is C14H14OS3. The Kier molecular flexibility index (Phi) is 4.10. The zero-order chi connectivity index (χ0) is 13.2. The summed E-state index contributed by atoms with van der Waals surface area (Å²) in [6, 6.07) is 15.2. The van der Waals surface area contributed by atoms with Crippen LogP contribution >= 0.6 is 11.8 Å². The average molecular weight is 294 g/mol. The summed E-state index contributed by atoms with van der Waals surface area (Å²) in [4.78, 5) is 2.56. The quantitative estimate of drug-likeness (QED) is 0.800. The summed E-state index contributed by atoms with van der Waals surface area (Å²) in [7, 11) is -2.56. The predicted molar refractivity (Wildman–Crippen MR) is 81.4 cm³/mol. The van der Waals surface area contributed by atoms with E-state index < -0.39 is 8.49 Å². The van der Waals surface area contributed by atoms with E-state index in [0.717, 1.165) is 10.5 Å². The first kappa shape index (κ1) is 13.6. The second kappa shape index (κ2) is 5.43. The summed E-state index contributed by atoms with van der Waals surface area (Å²) in [5.41, 5.74) is 1.14. The maximum Gasteiger partial charge on any atom is 0.0870 e. The van der Waals surface area contributed by atoms with E-state index >= 15 is 0 Å². The minimum absolute atomic E-state index is 0.708. The molecule has 94 valence electrons. The molecule has 0 amide bonds. The van der Waals surface area contributed by atoms with Gasteiger partial charge >= 0.3 is 0 Å². The third kappa shape index (κ3) is 2.76. The Balaban J connectivity index is 2.44. The average Bonchev–Trinajstić information content (AvgIpc) is 2.39. The number of aryl methyl sites for hydroxylation is 1. The van der Waals surface area contributed by atoms with Gasteiger partial charge in [-0.2, -0.15) is 0 Å². The van der Waals surface area contributed by atoms with Crippen LogP contribution in [0.5, 0.6) is 0 Å². The summed E-state index contributed by atoms with van der Waals surface area (Å²) in [6.07, 6.45) is 2.01. The van der Waals surface area contributed by atoms with E-state index in [1.54, 1.807) is 11.8 Å². The van der Waals surface area contributed by atoms with Gasteiger partial charge in [-0.1, -0.05) is 17.7 Å². The van der Waals surface area contributed by atoms with Crippen molar-refractivity contribution in [2.24, 2.45) is 0 Å². The minimum Gasteiger partial charge on any atom is -0.247 e. The van der Waals surface area contributed by atoms with Gasteiger partial charge in [0.2, 0.25) is 0 Å². The highest BCUT2D eigenvalue weighted by molar-refractivity contribution is 8.33. The van der Waals surface area contributed by atoms with Gasteiger partial charge < -0.3 is 0 Å². The summed E-state index contributed by atoms with van der Waals surface area (Å²) in [5, 5.41) is 0. The van der Waals surface area contributed by atoms with Gasteiger partial charge in [0.15, 0.2) is 0 Å². The summed E-state index contributed by atoms with van der Waals surface area (Å²) < 4.78 is 12.7. The molecule has 2 aromatic carbocycles. The normalized spacial score (nSPS) is 14.1. The molecule has 0 saturated carbocycles. The van der Waals surface area contributed by atoms with Crippen molar-refractivity contribution in [1.29, 1.82) is 0 Å². The lowest BCUT2D eigenvalue weighted by molar-refractivity contribution is 0.682. The lowest BCUT2D eigenvalue weighted by atomic mass is 10.2. The highest BCUT2D eigenvalue weighted by Crippen LogP contribution is 2.24. The van der Waals surface area contributed by atoms with Crippen molar-refractivity contribution in [2.45, 2.75) is 21.6 Å². The Morgan fingerprint density at radius 3 is 1.83 bits per heavy atom. The number of thioether (sulfide) groups is 1. The van der Waals surface area contributed by atoms with Crippen LogP contribution in [0.1, 0.15) is 5.56 Å². The van der Waals surface area contributed by atoms with Crippen molar-refractivity contribution >= 4 is 31.4 Å². The van der Waals surface area contributed by atoms with E-state index in [1.807, 2.05) is 61.7 Å². The Labute approximate surface area is 117 Å². The molecule has 18 heavy (non-hydrogen) atoms. The van der Waals surface area contributed by atoms with Crippen LogP contribution in [0.15, 0.2) is 63.2 Å². The van der Waals surface area contributed by atoms with Gasteiger partial charge in [0.1, 0.15) is 0 Å². The van der Waals surface area contributed by atoms with E-state index in [-0.39, 0.29) is 0 Å². The first-order valence-corrected chi connectivity index (χ1v) is 9.20. The van der Waals surface area contributed by atoms with Crippen molar-refractivity contribution in [2.75, 3.05) is 6.26 Å². The van der Waals surface area contributed by atoms with Crippen LogP contribution in [0.2, 0.25) is 0 Å². The number of rotatable bonds is 3. The lowest BCUT2D eigenvalue weighted by Gasteiger charge is -2.08. The van der Waals surface area contributed by atoms with Gasteiger partial charge in [-0.25, -0.2) is 4.21 Å². The predicted octanol–water partition coefficient (Wildman–Crippen LogP) is 3.88. The molecule has 0 saturated heterocycles. The van der Waals surface area contributed by atoms with Crippen molar-refractivity contribution in [3.05, 3.63) is 54.1 Å². The van der Waals surface area contributed by atoms with E-state index in [2.05, 4.69) is 0 Å². The van der Waals surface area contributed by atoms with Gasteiger partial charge in [0.05, 0.1) is 8.49 Å². The highest BCUT2D eigenvalue weighted by Gasteiger charge is 2.12. The molecule has 1 nitrogen and oxygen atoms in total. The van der Waals surface area contributed by atoms with Crippen LogP contribution in [0.3, 0.4) is 0 Å². The Morgan fingerprint density at radius 1 is 0.944 bits per heavy atom. The third-order valence-electron chi connectivity index (χ3n) is 2.70. The fraction of sp³-hybridized carbons (Fsp3) is 0.143. The lowest BCUT2D eigenvalue weighted by Crippen LogP contribution is -2.00. The molecular weight excluding hydrogens is 280 g/mol. The molecule has 2 rings (SSSR count). The molecule has 0 aromatic heterocycles. The van der Waals surface area contributed by atoms with Gasteiger partial charge in [-0.05, 0) is 60.8 Å². The molecule has 0 aliphatic carbocycles. The van der Waals surface area contributed by atoms with Crippen molar-refractivity contribution in [3.63, 3.8) is 0 Å². The first-order valence-electron chi connectivity index (χ1n) is 5.50. The number of benzene rings is 2. The highest BCUT2D eigenvalue weighted by atomic mass is 32.8. The molecule has 0 heterocycles. The Morgan fingerprint density at radius 2 is 1.39 bits per heavy atom. The maximum atomic E-state index is 12.7. The molecule has 4 heteroatoms. The maximum absolute atomic E-state index is 12.7. The van der Waals surface area contributed by atoms with Crippen LogP contribution in [0, 0.1) is 6.92 Å². The smallest absolute Gasteiger partial charge is 0.0870 e. The van der Waals surface area contributed by atoms with Crippen LogP contribution in [0.4, 0.5) is 0 Å². The van der Waals surface area contributed by atoms with Crippen molar-refractivity contribution in [1.82, 2.24) is 0 Å². The zero-order valence-corrected chi connectivity index (χ0v) is 12.7. The van der Waals surface area contributed by atoms with E-state index in [9.17, 15) is 4.21 Å². The van der Waals surface area contributed by atoms with Crippen LogP contribution in [0.25, 0.3) is 0 Å². The van der Waals surface area contributed by atoms with E-state index in [1.165, 1.54) is 0 Å². The molecule has 0 bridgehead atoms. The summed E-state index contributed by atoms with van der Waals surface area (Å²) >= 11 is 6.98. The van der Waals surface area contributed by atoms with Gasteiger partial charge in [-0.3, -0.25) is 0 Å². The minimum atomic E-state index is -2.56. The summed E-state index contributed by atoms with van der Waals surface area (Å²) in [5.74, 6) is 0. The molecule has 0 radical (unpaired) electrons. The molecule has 1 unspecified atom stereocenters. The molecule has 0 aliphatic rings. The number of hydrogen-bond donors (Lipinski definition) is 0. The second-order valence-corrected chi connectivity index (χ2v) is 8.23. The second-order valence-electron chi connectivity index (χ2n) is 3.99. The fourth-order valence-electron chi connectivity index (χ4n) is 1.61. The molecule has 0 fully saturated rings. The monoisotopic (exact) mass is 294 g/mol. The third-order valence-corrected chi connectivity index (χ3v) is 6.38. The molecule has 2 aromatic rings. The Hall–Kier alpha value is -0.840. The topological polar surface area (TPSA) is 17.1 Å². The van der Waals surface area contributed by atoms with Crippen LogP contribution in [-0.4, -0.2) is 10.5 Å². The standard InChI is InChI=1S/C14H14OS3/c1-11-3-7-13(8-4-11)18(15,16)14-9-5-12(17-2)6-10-14/h3-10H,1-2H3. The fourth-order valence-corrected chi connectivity index (χ4v) is 3.94. The Bertz CT molecular complexity index is 626. The van der Waals surface area contributed by atoms with Gasteiger partial charge in [-0.15, -0.1) is 11.8 Å². The first-order chi connectivity index (χ1) is 8.54. The summed E-state index contributed by atoms with van der Waals surface area (Å²) in [6.45, 7) is 2.00. The molecule has 0 N–H and O–H groups in total. The molecule has 0 spiro atoms. The molecule has 0 aliphatic heterocycles. The molecule has 1 atom stereocenters. The zero-order valence-electron chi connectivity index (χ0n) is 10.3. The van der Waals surface area contributed by atoms with E-state index in [0.29, 0.717) is 9.79 Å². The van der Waals surface area contributed by atoms with Crippen molar-refractivity contribution in [3.8, 4) is 0 Å². The van der Waals surface area contributed by atoms with Gasteiger partial charge in [0, 0.05) is 14.7 Å².